The Balaban J connectivity index is 2.90. The second-order valence-corrected chi connectivity index (χ2v) is 5.34. The molecule has 0 aliphatic heterocycles. The number of rotatable bonds is 6. The highest BCUT2D eigenvalue weighted by molar-refractivity contribution is 9.10. The monoisotopic (exact) mass is 309 g/mol. The molecule has 0 saturated heterocycles. The van der Waals surface area contributed by atoms with E-state index in [1.807, 2.05) is 19.1 Å². The Kier molecular flexibility index (Phi) is 6.34. The van der Waals surface area contributed by atoms with Crippen molar-refractivity contribution >= 4 is 15.9 Å². The van der Waals surface area contributed by atoms with E-state index in [0.29, 0.717) is 6.54 Å². The second kappa shape index (κ2) is 7.52. The highest BCUT2D eigenvalue weighted by Gasteiger charge is 2.19. The van der Waals surface area contributed by atoms with Crippen LogP contribution in [0.5, 0.6) is 0 Å². The first-order chi connectivity index (χ1) is 8.62. The Bertz CT molecular complexity index is 414. The van der Waals surface area contributed by atoms with Crippen molar-refractivity contribution in [3.05, 3.63) is 34.3 Å². The number of hydrogen-bond donors (Lipinski definition) is 1. The maximum absolute atomic E-state index is 8.93. The Morgan fingerprint density at radius 2 is 2.22 bits per heavy atom. The third-order valence-electron chi connectivity index (χ3n) is 3.03. The molecular weight excluding hydrogens is 290 g/mol. The van der Waals surface area contributed by atoms with Crippen LogP contribution < -0.4 is 5.73 Å². The van der Waals surface area contributed by atoms with E-state index in [1.165, 1.54) is 5.56 Å². The zero-order valence-electron chi connectivity index (χ0n) is 10.9. The van der Waals surface area contributed by atoms with Crippen LogP contribution in [0.2, 0.25) is 0 Å². The molecule has 1 aromatic carbocycles. The minimum Gasteiger partial charge on any atom is -0.329 e. The molecule has 1 aromatic rings. The number of nitrogens with zero attached hydrogens (tertiary/aromatic N) is 2. The lowest BCUT2D eigenvalue weighted by Crippen LogP contribution is -2.36. The van der Waals surface area contributed by atoms with Gasteiger partial charge >= 0.3 is 0 Å². The molecule has 0 aliphatic rings. The topological polar surface area (TPSA) is 53.0 Å². The van der Waals surface area contributed by atoms with E-state index in [4.69, 9.17) is 11.0 Å². The minimum atomic E-state index is 0.0196. The first-order valence-corrected chi connectivity index (χ1v) is 7.00. The fraction of sp³-hybridized carbons (Fsp3) is 0.500. The van der Waals surface area contributed by atoms with E-state index in [1.54, 1.807) is 0 Å². The van der Waals surface area contributed by atoms with E-state index >= 15 is 0 Å². The van der Waals surface area contributed by atoms with Crippen LogP contribution in [-0.4, -0.2) is 24.5 Å². The SMILES string of the molecule is CCN(CC(C)C#N)C(CN)c1cccc(Br)c1. The van der Waals surface area contributed by atoms with Crippen molar-refractivity contribution in [2.24, 2.45) is 11.7 Å². The molecule has 0 amide bonds. The predicted molar refractivity (Wildman–Crippen MR) is 78.0 cm³/mol. The zero-order chi connectivity index (χ0) is 13.5. The van der Waals surface area contributed by atoms with Crippen LogP contribution in [0.15, 0.2) is 28.7 Å². The number of nitriles is 1. The van der Waals surface area contributed by atoms with Gasteiger partial charge in [-0.1, -0.05) is 35.0 Å². The molecule has 0 spiro atoms. The summed E-state index contributed by atoms with van der Waals surface area (Å²) in [6.45, 7) is 6.24. The molecule has 2 unspecified atom stereocenters. The Morgan fingerprint density at radius 3 is 2.72 bits per heavy atom. The summed E-state index contributed by atoms with van der Waals surface area (Å²) in [5.41, 5.74) is 7.10. The number of likely N-dealkylation sites (N-methyl/N-ethyl adjacent to an activating group) is 1. The first kappa shape index (κ1) is 15.2. The molecule has 0 radical (unpaired) electrons. The molecule has 0 aromatic heterocycles. The molecule has 0 bridgehead atoms. The van der Waals surface area contributed by atoms with Gasteiger partial charge in [0.25, 0.3) is 0 Å². The van der Waals surface area contributed by atoms with Crippen molar-refractivity contribution in [1.82, 2.24) is 4.90 Å². The van der Waals surface area contributed by atoms with E-state index in [9.17, 15) is 0 Å². The molecule has 0 heterocycles. The van der Waals surface area contributed by atoms with Gasteiger partial charge < -0.3 is 5.73 Å². The third kappa shape index (κ3) is 4.09. The maximum atomic E-state index is 8.93. The van der Waals surface area contributed by atoms with Crippen molar-refractivity contribution in [2.75, 3.05) is 19.6 Å². The molecule has 0 aliphatic carbocycles. The highest BCUT2D eigenvalue weighted by Crippen LogP contribution is 2.23. The van der Waals surface area contributed by atoms with Crippen molar-refractivity contribution in [3.63, 3.8) is 0 Å². The summed E-state index contributed by atoms with van der Waals surface area (Å²) < 4.78 is 1.06. The van der Waals surface area contributed by atoms with Gasteiger partial charge in [0.15, 0.2) is 0 Å². The summed E-state index contributed by atoms with van der Waals surface area (Å²) in [7, 11) is 0. The van der Waals surface area contributed by atoms with Crippen LogP contribution in [0.25, 0.3) is 0 Å². The molecule has 18 heavy (non-hydrogen) atoms. The van der Waals surface area contributed by atoms with Crippen molar-refractivity contribution in [3.8, 4) is 6.07 Å². The Hall–Kier alpha value is -0.890. The lowest BCUT2D eigenvalue weighted by molar-refractivity contribution is 0.198. The van der Waals surface area contributed by atoms with Crippen molar-refractivity contribution in [2.45, 2.75) is 19.9 Å². The van der Waals surface area contributed by atoms with Crippen molar-refractivity contribution < 1.29 is 0 Å². The van der Waals surface area contributed by atoms with Gasteiger partial charge in [-0.3, -0.25) is 4.90 Å². The van der Waals surface area contributed by atoms with E-state index in [0.717, 1.165) is 17.6 Å². The fourth-order valence-electron chi connectivity index (χ4n) is 2.08. The van der Waals surface area contributed by atoms with Gasteiger partial charge in [-0.15, -0.1) is 0 Å². The summed E-state index contributed by atoms with van der Waals surface area (Å²) >= 11 is 3.48. The van der Waals surface area contributed by atoms with Gasteiger partial charge in [0.2, 0.25) is 0 Å². The molecule has 3 nitrogen and oxygen atoms in total. The molecule has 0 saturated carbocycles. The molecule has 1 rings (SSSR count). The lowest BCUT2D eigenvalue weighted by atomic mass is 10.0. The molecule has 2 N–H and O–H groups in total. The van der Waals surface area contributed by atoms with Crippen LogP contribution in [0.3, 0.4) is 0 Å². The maximum Gasteiger partial charge on any atom is 0.0666 e. The summed E-state index contributed by atoms with van der Waals surface area (Å²) in [6.07, 6.45) is 0. The van der Waals surface area contributed by atoms with Crippen LogP contribution in [-0.2, 0) is 0 Å². The van der Waals surface area contributed by atoms with E-state index in [-0.39, 0.29) is 12.0 Å². The number of benzene rings is 1. The quantitative estimate of drug-likeness (QED) is 0.879. The summed E-state index contributed by atoms with van der Waals surface area (Å²) in [6, 6.07) is 10.7. The summed E-state index contributed by atoms with van der Waals surface area (Å²) in [4.78, 5) is 2.26. The van der Waals surface area contributed by atoms with Crippen LogP contribution in [0, 0.1) is 17.2 Å². The molecule has 0 fully saturated rings. The van der Waals surface area contributed by atoms with Gasteiger partial charge in [0.05, 0.1) is 12.0 Å². The second-order valence-electron chi connectivity index (χ2n) is 4.42. The number of halogens is 1. The molecule has 4 heteroatoms. The van der Waals surface area contributed by atoms with Gasteiger partial charge in [-0.25, -0.2) is 0 Å². The normalized spacial score (nSPS) is 14.2. The van der Waals surface area contributed by atoms with Gasteiger partial charge in [0, 0.05) is 23.6 Å². The lowest BCUT2D eigenvalue weighted by Gasteiger charge is -2.31. The molecule has 98 valence electrons. The average molecular weight is 310 g/mol. The molecule has 2 atom stereocenters. The third-order valence-corrected chi connectivity index (χ3v) is 3.53. The summed E-state index contributed by atoms with van der Waals surface area (Å²) in [5.74, 6) is 0.0196. The predicted octanol–water partition coefficient (Wildman–Crippen LogP) is 2.93. The fourth-order valence-corrected chi connectivity index (χ4v) is 2.50. The Labute approximate surface area is 118 Å². The number of hydrogen-bond acceptors (Lipinski definition) is 3. The first-order valence-electron chi connectivity index (χ1n) is 6.21. The number of nitrogens with two attached hydrogens (primary N) is 1. The Morgan fingerprint density at radius 1 is 1.50 bits per heavy atom. The largest absolute Gasteiger partial charge is 0.329 e. The minimum absolute atomic E-state index is 0.0196. The standard InChI is InChI=1S/C14H20BrN3/c1-3-18(10-11(2)8-16)14(9-17)12-5-4-6-13(15)7-12/h4-7,11,14H,3,9-10,17H2,1-2H3. The van der Waals surface area contributed by atoms with E-state index < -0.39 is 0 Å². The summed E-state index contributed by atoms with van der Waals surface area (Å²) in [5, 5.41) is 8.93. The smallest absolute Gasteiger partial charge is 0.0666 e. The zero-order valence-corrected chi connectivity index (χ0v) is 12.5. The average Bonchev–Trinajstić information content (AvgIpc) is 2.38. The van der Waals surface area contributed by atoms with Gasteiger partial charge in [-0.2, -0.15) is 5.26 Å². The highest BCUT2D eigenvalue weighted by atomic mass is 79.9. The van der Waals surface area contributed by atoms with Crippen molar-refractivity contribution in [1.29, 1.82) is 5.26 Å². The molecular formula is C14H20BrN3. The van der Waals surface area contributed by atoms with Crippen LogP contribution >= 0.6 is 15.9 Å². The van der Waals surface area contributed by atoms with Crippen LogP contribution in [0.1, 0.15) is 25.5 Å². The van der Waals surface area contributed by atoms with Gasteiger partial charge in [-0.05, 0) is 31.2 Å². The van der Waals surface area contributed by atoms with Crippen LogP contribution in [0.4, 0.5) is 0 Å². The van der Waals surface area contributed by atoms with Gasteiger partial charge in [0.1, 0.15) is 0 Å². The van der Waals surface area contributed by atoms with E-state index in [2.05, 4.69) is 46.0 Å².